The van der Waals surface area contributed by atoms with Gasteiger partial charge in [-0.25, -0.2) is 15.0 Å². The van der Waals surface area contributed by atoms with Crippen molar-refractivity contribution in [2.24, 2.45) is 0 Å². The van der Waals surface area contributed by atoms with Gasteiger partial charge < -0.3 is 20.3 Å². The Bertz CT molecular complexity index is 736. The Kier molecular flexibility index (Phi) is 4.45. The number of anilines is 2. The third kappa shape index (κ3) is 3.22. The van der Waals surface area contributed by atoms with E-state index in [0.29, 0.717) is 18.8 Å². The summed E-state index contributed by atoms with van der Waals surface area (Å²) in [6, 6.07) is 3.72. The molecule has 8 nitrogen and oxygen atoms in total. The van der Waals surface area contributed by atoms with Crippen molar-refractivity contribution < 1.29 is 9.53 Å². The molecule has 0 aliphatic carbocycles. The lowest BCUT2D eigenvalue weighted by Crippen LogP contribution is -2.32. The predicted octanol–water partition coefficient (Wildman–Crippen LogP) is 0.813. The number of carbonyl (C=O) groups is 1. The number of ether oxygens (including phenoxy) is 1. The van der Waals surface area contributed by atoms with E-state index in [2.05, 4.69) is 15.0 Å². The molecule has 3 heterocycles. The number of aromatic nitrogens is 3. The maximum Gasteiger partial charge on any atom is 0.276 e. The van der Waals surface area contributed by atoms with Gasteiger partial charge in [0.05, 0.1) is 6.54 Å². The van der Waals surface area contributed by atoms with Crippen LogP contribution in [-0.2, 0) is 0 Å². The molecule has 2 aromatic rings. The molecule has 2 N–H and O–H groups in total. The highest BCUT2D eigenvalue weighted by atomic mass is 16.5. The summed E-state index contributed by atoms with van der Waals surface area (Å²) in [5.74, 6) is 1.40. The summed E-state index contributed by atoms with van der Waals surface area (Å²) in [4.78, 5) is 28.4. The van der Waals surface area contributed by atoms with Gasteiger partial charge in [0, 0.05) is 45.7 Å². The molecule has 0 saturated carbocycles. The zero-order chi connectivity index (χ0) is 17.1. The molecule has 1 aliphatic rings. The van der Waals surface area contributed by atoms with Gasteiger partial charge >= 0.3 is 0 Å². The van der Waals surface area contributed by atoms with Crippen LogP contribution in [0.5, 0.6) is 5.75 Å². The Morgan fingerprint density at radius 2 is 2.08 bits per heavy atom. The Labute approximate surface area is 140 Å². The van der Waals surface area contributed by atoms with Crippen molar-refractivity contribution in [3.05, 3.63) is 36.4 Å². The largest absolute Gasteiger partial charge is 0.485 e. The summed E-state index contributed by atoms with van der Waals surface area (Å²) in [6.45, 7) is 1.08. The quantitative estimate of drug-likeness (QED) is 0.887. The molecule has 0 aromatic carbocycles. The van der Waals surface area contributed by atoms with Crippen molar-refractivity contribution in [3.8, 4) is 5.75 Å². The first kappa shape index (κ1) is 16.0. The minimum absolute atomic E-state index is 0.0882. The first-order valence-electron chi connectivity index (χ1n) is 7.71. The summed E-state index contributed by atoms with van der Waals surface area (Å²) in [6.07, 6.45) is 5.31. The number of carbonyl (C=O) groups excluding carboxylic acids is 1. The number of hydrogen-bond donors (Lipinski definition) is 1. The fourth-order valence-electron chi connectivity index (χ4n) is 2.66. The number of nitrogen functional groups attached to an aromatic ring is 1. The highest BCUT2D eigenvalue weighted by Gasteiger charge is 2.30. The molecule has 0 unspecified atom stereocenters. The van der Waals surface area contributed by atoms with Crippen LogP contribution in [0, 0.1) is 0 Å². The summed E-state index contributed by atoms with van der Waals surface area (Å²) >= 11 is 0. The number of pyridine rings is 1. The van der Waals surface area contributed by atoms with E-state index in [1.165, 1.54) is 12.4 Å². The van der Waals surface area contributed by atoms with Crippen LogP contribution in [0.25, 0.3) is 0 Å². The van der Waals surface area contributed by atoms with E-state index in [9.17, 15) is 4.79 Å². The maximum absolute atomic E-state index is 12.5. The molecule has 1 saturated heterocycles. The second-order valence-electron chi connectivity index (χ2n) is 5.79. The van der Waals surface area contributed by atoms with Gasteiger partial charge in [-0.3, -0.25) is 4.79 Å². The Morgan fingerprint density at radius 1 is 1.29 bits per heavy atom. The minimum Gasteiger partial charge on any atom is -0.485 e. The molecule has 3 rings (SSSR count). The van der Waals surface area contributed by atoms with Crippen molar-refractivity contribution >= 4 is 17.5 Å². The molecule has 1 amide bonds. The zero-order valence-electron chi connectivity index (χ0n) is 13.7. The SMILES string of the molecule is CN(C)c1ncccc1O[C@@H]1CCN(C(=O)c2nccnc2N)C1. The van der Waals surface area contributed by atoms with Gasteiger partial charge in [-0.05, 0) is 12.1 Å². The number of hydrogen-bond acceptors (Lipinski definition) is 7. The molecule has 126 valence electrons. The standard InChI is InChI=1S/C16H20N6O2/c1-21(2)15-12(4-3-6-20-15)24-11-5-9-22(10-11)16(23)13-14(17)19-8-7-18-13/h3-4,6-8,11H,5,9-10H2,1-2H3,(H2,17,19)/t11-/m1/s1. The van der Waals surface area contributed by atoms with E-state index in [-0.39, 0.29) is 23.5 Å². The van der Waals surface area contributed by atoms with E-state index in [1.54, 1.807) is 11.1 Å². The van der Waals surface area contributed by atoms with Crippen LogP contribution in [0.2, 0.25) is 0 Å². The van der Waals surface area contributed by atoms with Crippen LogP contribution in [0.15, 0.2) is 30.7 Å². The number of amides is 1. The van der Waals surface area contributed by atoms with Crippen LogP contribution in [0.4, 0.5) is 11.6 Å². The topological polar surface area (TPSA) is 97.5 Å². The number of nitrogens with two attached hydrogens (primary N) is 1. The Morgan fingerprint density at radius 3 is 2.83 bits per heavy atom. The van der Waals surface area contributed by atoms with Crippen LogP contribution in [0.3, 0.4) is 0 Å². The Balaban J connectivity index is 1.68. The second kappa shape index (κ2) is 6.69. The van der Waals surface area contributed by atoms with Gasteiger partial charge in [0.25, 0.3) is 5.91 Å². The maximum atomic E-state index is 12.5. The summed E-state index contributed by atoms with van der Waals surface area (Å²) in [7, 11) is 3.83. The smallest absolute Gasteiger partial charge is 0.276 e. The van der Waals surface area contributed by atoms with E-state index in [1.807, 2.05) is 31.1 Å². The van der Waals surface area contributed by atoms with Gasteiger partial charge in [0.2, 0.25) is 0 Å². The minimum atomic E-state index is -0.217. The first-order chi connectivity index (χ1) is 11.6. The van der Waals surface area contributed by atoms with Gasteiger partial charge in [-0.2, -0.15) is 0 Å². The summed E-state index contributed by atoms with van der Waals surface area (Å²) in [5.41, 5.74) is 5.92. The van der Waals surface area contributed by atoms with E-state index >= 15 is 0 Å². The average Bonchev–Trinajstić information content (AvgIpc) is 3.03. The van der Waals surface area contributed by atoms with E-state index in [4.69, 9.17) is 10.5 Å². The highest BCUT2D eigenvalue weighted by molar-refractivity contribution is 5.96. The third-order valence-corrected chi connectivity index (χ3v) is 3.83. The van der Waals surface area contributed by atoms with Gasteiger partial charge in [0.15, 0.2) is 23.1 Å². The fourth-order valence-corrected chi connectivity index (χ4v) is 2.66. The molecule has 0 bridgehead atoms. The monoisotopic (exact) mass is 328 g/mol. The van der Waals surface area contributed by atoms with Crippen LogP contribution < -0.4 is 15.4 Å². The van der Waals surface area contributed by atoms with Crippen molar-refractivity contribution in [1.82, 2.24) is 19.9 Å². The summed E-state index contributed by atoms with van der Waals surface area (Å²) < 4.78 is 6.05. The second-order valence-corrected chi connectivity index (χ2v) is 5.79. The molecule has 1 fully saturated rings. The number of nitrogens with zero attached hydrogens (tertiary/aromatic N) is 5. The number of rotatable bonds is 4. The normalized spacial score (nSPS) is 16.9. The Hall–Kier alpha value is -2.90. The molecule has 8 heteroatoms. The molecule has 2 aromatic heterocycles. The van der Waals surface area contributed by atoms with Crippen LogP contribution in [-0.4, -0.2) is 59.0 Å². The molecule has 24 heavy (non-hydrogen) atoms. The van der Waals surface area contributed by atoms with Crippen molar-refractivity contribution in [2.75, 3.05) is 37.8 Å². The van der Waals surface area contributed by atoms with Crippen molar-refractivity contribution in [2.45, 2.75) is 12.5 Å². The van der Waals surface area contributed by atoms with Crippen molar-refractivity contribution in [1.29, 1.82) is 0 Å². The van der Waals surface area contributed by atoms with Gasteiger partial charge in [-0.1, -0.05) is 0 Å². The number of likely N-dealkylation sites (tertiary alicyclic amines) is 1. The molecular weight excluding hydrogens is 308 g/mol. The lowest BCUT2D eigenvalue weighted by molar-refractivity contribution is 0.0767. The van der Waals surface area contributed by atoms with Crippen molar-refractivity contribution in [3.63, 3.8) is 0 Å². The molecule has 0 spiro atoms. The predicted molar refractivity (Wildman–Crippen MR) is 89.9 cm³/mol. The lowest BCUT2D eigenvalue weighted by Gasteiger charge is -2.20. The van der Waals surface area contributed by atoms with Gasteiger partial charge in [0.1, 0.15) is 6.10 Å². The third-order valence-electron chi connectivity index (χ3n) is 3.83. The fraction of sp³-hybridized carbons (Fsp3) is 0.375. The molecule has 0 radical (unpaired) electrons. The lowest BCUT2D eigenvalue weighted by atomic mass is 10.3. The molecular formula is C16H20N6O2. The van der Waals surface area contributed by atoms with Gasteiger partial charge in [-0.15, -0.1) is 0 Å². The molecule has 1 atom stereocenters. The first-order valence-corrected chi connectivity index (χ1v) is 7.71. The van der Waals surface area contributed by atoms with Crippen LogP contribution in [0.1, 0.15) is 16.9 Å². The highest BCUT2D eigenvalue weighted by Crippen LogP contribution is 2.27. The molecule has 1 aliphatic heterocycles. The summed E-state index contributed by atoms with van der Waals surface area (Å²) in [5, 5.41) is 0. The van der Waals surface area contributed by atoms with E-state index in [0.717, 1.165) is 12.2 Å². The average molecular weight is 328 g/mol. The van der Waals surface area contributed by atoms with E-state index < -0.39 is 0 Å². The van der Waals surface area contributed by atoms with Crippen LogP contribution >= 0.6 is 0 Å². The zero-order valence-corrected chi connectivity index (χ0v) is 13.7.